The molecule has 0 aliphatic carbocycles. The van der Waals surface area contributed by atoms with Gasteiger partial charge in [-0.15, -0.1) is 0 Å². The number of benzene rings is 1. The van der Waals surface area contributed by atoms with Gasteiger partial charge in [-0.1, -0.05) is 25.5 Å². The van der Waals surface area contributed by atoms with E-state index < -0.39 is 23.7 Å². The third-order valence-electron chi connectivity index (χ3n) is 2.59. The first kappa shape index (κ1) is 14.2. The zero-order chi connectivity index (χ0) is 13.9. The summed E-state index contributed by atoms with van der Waals surface area (Å²) in [6.45, 7) is 5.07. The molecule has 1 rings (SSSR count). The summed E-state index contributed by atoms with van der Waals surface area (Å²) in [5, 5.41) is 11.3. The summed E-state index contributed by atoms with van der Waals surface area (Å²) >= 11 is 0. The molecule has 0 saturated heterocycles. The van der Waals surface area contributed by atoms with Crippen LogP contribution >= 0.6 is 0 Å². The van der Waals surface area contributed by atoms with Gasteiger partial charge in [0.2, 0.25) is 0 Å². The molecule has 4 nitrogen and oxygen atoms in total. The number of carboxylic acid groups (broad SMARTS) is 1. The highest BCUT2D eigenvalue weighted by atomic mass is 19.1. The Morgan fingerprint density at radius 1 is 1.33 bits per heavy atom. The van der Waals surface area contributed by atoms with Crippen LogP contribution in [0.25, 0.3) is 0 Å². The van der Waals surface area contributed by atoms with E-state index in [-0.39, 0.29) is 11.5 Å². The van der Waals surface area contributed by atoms with E-state index in [0.29, 0.717) is 0 Å². The van der Waals surface area contributed by atoms with Crippen molar-refractivity contribution >= 4 is 11.9 Å². The molecular weight excluding hydrogens is 237 g/mol. The summed E-state index contributed by atoms with van der Waals surface area (Å²) in [5.74, 6) is -2.78. The molecule has 5 heteroatoms. The van der Waals surface area contributed by atoms with E-state index >= 15 is 0 Å². The molecule has 0 spiro atoms. The summed E-state index contributed by atoms with van der Waals surface area (Å²) in [6, 6.07) is 3.10. The summed E-state index contributed by atoms with van der Waals surface area (Å²) < 4.78 is 13.5. The van der Waals surface area contributed by atoms with Crippen molar-refractivity contribution in [2.24, 2.45) is 5.92 Å². The van der Waals surface area contributed by atoms with E-state index in [1.807, 2.05) is 0 Å². The fourth-order valence-corrected chi connectivity index (χ4v) is 1.55. The van der Waals surface area contributed by atoms with Crippen LogP contribution in [0.3, 0.4) is 0 Å². The molecule has 1 aromatic carbocycles. The first-order chi connectivity index (χ1) is 8.32. The second kappa shape index (κ2) is 5.62. The van der Waals surface area contributed by atoms with Gasteiger partial charge >= 0.3 is 5.97 Å². The number of halogens is 1. The molecule has 1 atom stereocenters. The number of amides is 1. The van der Waals surface area contributed by atoms with Gasteiger partial charge in [0.1, 0.15) is 11.9 Å². The maximum atomic E-state index is 13.5. The molecule has 0 unspecified atom stereocenters. The normalized spacial score (nSPS) is 12.3. The Bertz CT molecular complexity index is 471. The molecule has 0 aliphatic rings. The minimum absolute atomic E-state index is 0.137. The number of aliphatic carboxylic acids is 1. The van der Waals surface area contributed by atoms with Crippen molar-refractivity contribution in [2.45, 2.75) is 26.8 Å². The Balaban J connectivity index is 2.94. The molecule has 0 bridgehead atoms. The van der Waals surface area contributed by atoms with E-state index in [2.05, 4.69) is 5.32 Å². The number of aryl methyl sites for hydroxylation is 1. The Hall–Kier alpha value is -1.91. The van der Waals surface area contributed by atoms with E-state index in [1.54, 1.807) is 26.8 Å². The van der Waals surface area contributed by atoms with Gasteiger partial charge in [0.15, 0.2) is 0 Å². The molecule has 0 aromatic heterocycles. The van der Waals surface area contributed by atoms with Crippen molar-refractivity contribution in [3.05, 3.63) is 35.1 Å². The number of hydrogen-bond donors (Lipinski definition) is 2. The van der Waals surface area contributed by atoms with Crippen LogP contribution < -0.4 is 5.32 Å². The molecule has 1 amide bonds. The second-order valence-corrected chi connectivity index (χ2v) is 4.52. The van der Waals surface area contributed by atoms with Crippen LogP contribution in [0.1, 0.15) is 29.8 Å². The number of carbonyl (C=O) groups excluding carboxylic acids is 1. The van der Waals surface area contributed by atoms with Gasteiger partial charge in [0.05, 0.1) is 5.56 Å². The van der Waals surface area contributed by atoms with E-state index in [9.17, 15) is 14.0 Å². The standard InChI is InChI=1S/C13H16FNO3/c1-7(2)11(13(17)18)15-12(16)9-6-8(3)4-5-10(9)14/h4-7,11H,1-3H3,(H,15,16)(H,17,18)/t11-/m1/s1. The lowest BCUT2D eigenvalue weighted by molar-refractivity contribution is -0.140. The van der Waals surface area contributed by atoms with Gasteiger partial charge in [0.25, 0.3) is 5.91 Å². The highest BCUT2D eigenvalue weighted by Gasteiger charge is 2.25. The smallest absolute Gasteiger partial charge is 0.326 e. The summed E-state index contributed by atoms with van der Waals surface area (Å²) in [4.78, 5) is 22.8. The largest absolute Gasteiger partial charge is 0.480 e. The van der Waals surface area contributed by atoms with Crippen molar-refractivity contribution in [1.82, 2.24) is 5.32 Å². The van der Waals surface area contributed by atoms with Crippen LogP contribution in [0.2, 0.25) is 0 Å². The van der Waals surface area contributed by atoms with Crippen molar-refractivity contribution in [3.63, 3.8) is 0 Å². The van der Waals surface area contributed by atoms with Gasteiger partial charge in [-0.25, -0.2) is 9.18 Å². The second-order valence-electron chi connectivity index (χ2n) is 4.52. The zero-order valence-corrected chi connectivity index (χ0v) is 10.5. The number of carboxylic acids is 1. The van der Waals surface area contributed by atoms with Crippen molar-refractivity contribution in [1.29, 1.82) is 0 Å². The quantitative estimate of drug-likeness (QED) is 0.862. The molecular formula is C13H16FNO3. The van der Waals surface area contributed by atoms with Crippen LogP contribution in [0.4, 0.5) is 4.39 Å². The predicted octanol–water partition coefficient (Wildman–Crippen LogP) is 1.97. The fourth-order valence-electron chi connectivity index (χ4n) is 1.55. The van der Waals surface area contributed by atoms with Crippen molar-refractivity contribution in [3.8, 4) is 0 Å². The SMILES string of the molecule is Cc1ccc(F)c(C(=O)N[C@@H](C(=O)O)C(C)C)c1. The number of nitrogens with one attached hydrogen (secondary N) is 1. The van der Waals surface area contributed by atoms with E-state index in [1.165, 1.54) is 12.1 Å². The Labute approximate surface area is 105 Å². The predicted molar refractivity (Wildman–Crippen MR) is 64.9 cm³/mol. The minimum atomic E-state index is -1.13. The molecule has 98 valence electrons. The summed E-state index contributed by atoms with van der Waals surface area (Å²) in [6.07, 6.45) is 0. The number of hydrogen-bond acceptors (Lipinski definition) is 2. The number of rotatable bonds is 4. The van der Waals surface area contributed by atoms with E-state index in [0.717, 1.165) is 5.56 Å². The lowest BCUT2D eigenvalue weighted by atomic mass is 10.0. The third kappa shape index (κ3) is 3.29. The van der Waals surface area contributed by atoms with Crippen LogP contribution in [-0.4, -0.2) is 23.0 Å². The first-order valence-electron chi connectivity index (χ1n) is 5.62. The molecule has 0 aliphatic heterocycles. The molecule has 0 saturated carbocycles. The van der Waals surface area contributed by atoms with Gasteiger partial charge in [-0.3, -0.25) is 4.79 Å². The lowest BCUT2D eigenvalue weighted by Crippen LogP contribution is -2.44. The van der Waals surface area contributed by atoms with Crippen LogP contribution in [-0.2, 0) is 4.79 Å². The average Bonchev–Trinajstić information content (AvgIpc) is 2.28. The highest BCUT2D eigenvalue weighted by Crippen LogP contribution is 2.11. The maximum Gasteiger partial charge on any atom is 0.326 e. The highest BCUT2D eigenvalue weighted by molar-refractivity contribution is 5.97. The molecule has 18 heavy (non-hydrogen) atoms. The van der Waals surface area contributed by atoms with Crippen molar-refractivity contribution < 1.29 is 19.1 Å². The van der Waals surface area contributed by atoms with Gasteiger partial charge < -0.3 is 10.4 Å². The zero-order valence-electron chi connectivity index (χ0n) is 10.5. The van der Waals surface area contributed by atoms with Crippen LogP contribution in [0, 0.1) is 18.7 Å². The summed E-state index contributed by atoms with van der Waals surface area (Å²) in [5.41, 5.74) is 0.597. The Kier molecular flexibility index (Phi) is 4.42. The van der Waals surface area contributed by atoms with Gasteiger partial charge in [-0.2, -0.15) is 0 Å². The minimum Gasteiger partial charge on any atom is -0.480 e. The number of carbonyl (C=O) groups is 2. The third-order valence-corrected chi connectivity index (χ3v) is 2.59. The molecule has 0 heterocycles. The van der Waals surface area contributed by atoms with Crippen LogP contribution in [0.15, 0.2) is 18.2 Å². The maximum absolute atomic E-state index is 13.5. The monoisotopic (exact) mass is 253 g/mol. The Morgan fingerprint density at radius 3 is 2.44 bits per heavy atom. The lowest BCUT2D eigenvalue weighted by Gasteiger charge is -2.18. The topological polar surface area (TPSA) is 66.4 Å². The first-order valence-corrected chi connectivity index (χ1v) is 5.62. The molecule has 1 aromatic rings. The van der Waals surface area contributed by atoms with Gasteiger partial charge in [-0.05, 0) is 25.0 Å². The fraction of sp³-hybridized carbons (Fsp3) is 0.385. The Morgan fingerprint density at radius 2 is 1.94 bits per heavy atom. The van der Waals surface area contributed by atoms with Crippen molar-refractivity contribution in [2.75, 3.05) is 0 Å². The molecule has 2 N–H and O–H groups in total. The van der Waals surface area contributed by atoms with E-state index in [4.69, 9.17) is 5.11 Å². The average molecular weight is 253 g/mol. The van der Waals surface area contributed by atoms with Crippen LogP contribution in [0.5, 0.6) is 0 Å². The summed E-state index contributed by atoms with van der Waals surface area (Å²) in [7, 11) is 0. The van der Waals surface area contributed by atoms with Gasteiger partial charge in [0, 0.05) is 0 Å². The molecule has 0 radical (unpaired) electrons. The molecule has 0 fully saturated rings.